The third-order valence-corrected chi connectivity index (χ3v) is 3.10. The maximum Gasteiger partial charge on any atom is 0.328 e. The summed E-state index contributed by atoms with van der Waals surface area (Å²) in [6.45, 7) is 1.85. The second kappa shape index (κ2) is 9.53. The number of nitrogens with zero attached hydrogens (tertiary/aromatic N) is 1. The van der Waals surface area contributed by atoms with Crippen molar-refractivity contribution in [2.75, 3.05) is 13.7 Å². The van der Waals surface area contributed by atoms with Crippen LogP contribution in [0, 0.1) is 17.2 Å². The average Bonchev–Trinajstić information content (AvgIpc) is 2.53. The molecule has 6 heteroatoms. The normalized spacial score (nSPS) is 12.8. The summed E-state index contributed by atoms with van der Waals surface area (Å²) in [6, 6.07) is 10.6. The fourth-order valence-electron chi connectivity index (χ4n) is 1.87. The zero-order chi connectivity index (χ0) is 16.4. The molecule has 0 unspecified atom stereocenters. The van der Waals surface area contributed by atoms with Gasteiger partial charge in [-0.05, 0) is 5.56 Å². The van der Waals surface area contributed by atoms with Gasteiger partial charge in [-0.15, -0.1) is 0 Å². The van der Waals surface area contributed by atoms with Gasteiger partial charge in [0.25, 0.3) is 0 Å². The van der Waals surface area contributed by atoms with Gasteiger partial charge in [-0.1, -0.05) is 37.3 Å². The van der Waals surface area contributed by atoms with Crippen LogP contribution in [0.3, 0.4) is 0 Å². The molecular weight excluding hydrogens is 284 g/mol. The number of hydrogen-bond acceptors (Lipinski definition) is 5. The van der Waals surface area contributed by atoms with Crippen molar-refractivity contribution in [2.45, 2.75) is 26.0 Å². The molecule has 22 heavy (non-hydrogen) atoms. The monoisotopic (exact) mass is 304 g/mol. The highest BCUT2D eigenvalue weighted by Gasteiger charge is 2.27. The first-order valence-corrected chi connectivity index (χ1v) is 6.94. The zero-order valence-corrected chi connectivity index (χ0v) is 12.7. The number of methoxy groups -OCH3 is 1. The van der Waals surface area contributed by atoms with Crippen LogP contribution in [0.5, 0.6) is 0 Å². The van der Waals surface area contributed by atoms with Gasteiger partial charge in [0.05, 0.1) is 19.8 Å². The van der Waals surface area contributed by atoms with Crippen molar-refractivity contribution in [2.24, 2.45) is 5.92 Å². The first-order chi connectivity index (χ1) is 10.6. The van der Waals surface area contributed by atoms with Gasteiger partial charge in [-0.25, -0.2) is 4.79 Å². The van der Waals surface area contributed by atoms with Crippen LogP contribution in [0.25, 0.3) is 0 Å². The van der Waals surface area contributed by atoms with E-state index in [9.17, 15) is 9.59 Å². The Morgan fingerprint density at radius 1 is 1.32 bits per heavy atom. The lowest BCUT2D eigenvalue weighted by Crippen LogP contribution is -2.47. The molecule has 0 spiro atoms. The van der Waals surface area contributed by atoms with Crippen LogP contribution in [0.2, 0.25) is 0 Å². The molecule has 0 aliphatic rings. The molecule has 0 radical (unpaired) electrons. The number of nitriles is 1. The number of amides is 1. The van der Waals surface area contributed by atoms with E-state index in [1.165, 1.54) is 7.11 Å². The zero-order valence-electron chi connectivity index (χ0n) is 12.7. The maximum atomic E-state index is 11.8. The van der Waals surface area contributed by atoms with E-state index >= 15 is 0 Å². The quantitative estimate of drug-likeness (QED) is 0.734. The van der Waals surface area contributed by atoms with Crippen LogP contribution in [0.1, 0.15) is 18.9 Å². The average molecular weight is 304 g/mol. The standard InChI is InChI=1S/C16H20N2O4/c1-12(8-9-17)15(16(20)21-2)18-14(19)11-22-10-13-6-4-3-5-7-13/h3-7,12,15H,8,10-11H2,1-2H3,(H,18,19)/t12-,15+/m1/s1. The van der Waals surface area contributed by atoms with Crippen molar-refractivity contribution in [1.29, 1.82) is 5.26 Å². The van der Waals surface area contributed by atoms with E-state index in [1.54, 1.807) is 6.92 Å². The molecule has 0 saturated carbocycles. The fourth-order valence-corrected chi connectivity index (χ4v) is 1.87. The minimum atomic E-state index is -0.850. The van der Waals surface area contributed by atoms with Crippen LogP contribution < -0.4 is 5.32 Å². The van der Waals surface area contributed by atoms with Crippen LogP contribution in [-0.2, 0) is 25.7 Å². The predicted molar refractivity (Wildman–Crippen MR) is 79.4 cm³/mol. The number of benzene rings is 1. The van der Waals surface area contributed by atoms with Crippen LogP contribution in [0.15, 0.2) is 30.3 Å². The smallest absolute Gasteiger partial charge is 0.328 e. The molecule has 0 fully saturated rings. The number of carbonyl (C=O) groups is 2. The van der Waals surface area contributed by atoms with E-state index in [0.29, 0.717) is 6.61 Å². The summed E-state index contributed by atoms with van der Waals surface area (Å²) < 4.78 is 9.96. The van der Waals surface area contributed by atoms with Gasteiger partial charge in [0.2, 0.25) is 5.91 Å². The lowest BCUT2D eigenvalue weighted by molar-refractivity contribution is -0.147. The number of hydrogen-bond donors (Lipinski definition) is 1. The van der Waals surface area contributed by atoms with Gasteiger partial charge in [0.1, 0.15) is 12.6 Å². The first kappa shape index (κ1) is 17.7. The summed E-state index contributed by atoms with van der Waals surface area (Å²) in [5.41, 5.74) is 0.956. The van der Waals surface area contributed by atoms with Crippen molar-refractivity contribution >= 4 is 11.9 Å². The Morgan fingerprint density at radius 3 is 2.59 bits per heavy atom. The Morgan fingerprint density at radius 2 is 2.00 bits per heavy atom. The van der Waals surface area contributed by atoms with Crippen LogP contribution in [0.4, 0.5) is 0 Å². The minimum absolute atomic E-state index is 0.144. The predicted octanol–water partition coefficient (Wildman–Crippen LogP) is 1.41. The molecule has 1 amide bonds. The fraction of sp³-hybridized carbons (Fsp3) is 0.438. The summed E-state index contributed by atoms with van der Waals surface area (Å²) in [4.78, 5) is 23.5. The summed E-state index contributed by atoms with van der Waals surface area (Å²) in [7, 11) is 1.24. The number of carbonyl (C=O) groups excluding carboxylic acids is 2. The summed E-state index contributed by atoms with van der Waals surface area (Å²) in [6.07, 6.45) is 0.144. The molecule has 1 N–H and O–H groups in total. The molecule has 0 heterocycles. The van der Waals surface area contributed by atoms with Crippen molar-refractivity contribution in [3.8, 4) is 6.07 Å². The Kier molecular flexibility index (Phi) is 7.65. The molecule has 0 bridgehead atoms. The molecule has 0 aliphatic heterocycles. The number of ether oxygens (including phenoxy) is 2. The topological polar surface area (TPSA) is 88.4 Å². The minimum Gasteiger partial charge on any atom is -0.467 e. The lowest BCUT2D eigenvalue weighted by atomic mass is 9.99. The van der Waals surface area contributed by atoms with Gasteiger partial charge in [0.15, 0.2) is 0 Å². The second-order valence-electron chi connectivity index (χ2n) is 4.89. The Hall–Kier alpha value is -2.39. The van der Waals surface area contributed by atoms with Gasteiger partial charge in [-0.3, -0.25) is 4.79 Å². The van der Waals surface area contributed by atoms with Gasteiger partial charge >= 0.3 is 5.97 Å². The van der Waals surface area contributed by atoms with E-state index in [4.69, 9.17) is 10.00 Å². The largest absolute Gasteiger partial charge is 0.467 e. The molecular formula is C16H20N2O4. The van der Waals surface area contributed by atoms with E-state index < -0.39 is 17.9 Å². The summed E-state index contributed by atoms with van der Waals surface area (Å²) in [5, 5.41) is 11.3. The molecule has 1 rings (SSSR count). The van der Waals surface area contributed by atoms with Crippen LogP contribution in [-0.4, -0.2) is 31.6 Å². The number of esters is 1. The van der Waals surface area contributed by atoms with Crippen molar-refractivity contribution in [1.82, 2.24) is 5.32 Å². The Balaban J connectivity index is 2.46. The van der Waals surface area contributed by atoms with Gasteiger partial charge < -0.3 is 14.8 Å². The van der Waals surface area contributed by atoms with Crippen molar-refractivity contribution in [3.63, 3.8) is 0 Å². The maximum absolute atomic E-state index is 11.8. The molecule has 1 aromatic carbocycles. The number of rotatable bonds is 8. The molecule has 0 saturated heterocycles. The SMILES string of the molecule is COC(=O)[C@@H](NC(=O)COCc1ccccc1)[C@H](C)CC#N. The number of nitrogens with one attached hydrogen (secondary N) is 1. The molecule has 1 aromatic rings. The van der Waals surface area contributed by atoms with Gasteiger partial charge in [0, 0.05) is 12.3 Å². The highest BCUT2D eigenvalue weighted by Crippen LogP contribution is 2.09. The second-order valence-corrected chi connectivity index (χ2v) is 4.89. The summed E-state index contributed by atoms with van der Waals surface area (Å²) >= 11 is 0. The third-order valence-electron chi connectivity index (χ3n) is 3.10. The van der Waals surface area contributed by atoms with E-state index in [2.05, 4.69) is 10.1 Å². The molecule has 6 nitrogen and oxygen atoms in total. The molecule has 0 aromatic heterocycles. The van der Waals surface area contributed by atoms with Gasteiger partial charge in [-0.2, -0.15) is 5.26 Å². The van der Waals surface area contributed by atoms with E-state index in [1.807, 2.05) is 36.4 Å². The molecule has 118 valence electrons. The van der Waals surface area contributed by atoms with E-state index in [0.717, 1.165) is 5.56 Å². The lowest BCUT2D eigenvalue weighted by Gasteiger charge is -2.21. The molecule has 2 atom stereocenters. The highest BCUT2D eigenvalue weighted by molar-refractivity contribution is 5.85. The highest BCUT2D eigenvalue weighted by atomic mass is 16.5. The van der Waals surface area contributed by atoms with Crippen molar-refractivity contribution in [3.05, 3.63) is 35.9 Å². The van der Waals surface area contributed by atoms with Crippen molar-refractivity contribution < 1.29 is 19.1 Å². The molecule has 0 aliphatic carbocycles. The Bertz CT molecular complexity index is 525. The Labute approximate surface area is 130 Å². The third kappa shape index (κ3) is 5.94. The first-order valence-electron chi connectivity index (χ1n) is 6.94. The summed E-state index contributed by atoms with van der Waals surface area (Å²) in [5.74, 6) is -1.33. The van der Waals surface area contributed by atoms with Crippen LogP contribution >= 0.6 is 0 Å². The van der Waals surface area contributed by atoms with E-state index in [-0.39, 0.29) is 18.9 Å².